The first-order chi connectivity index (χ1) is 13.9. The molecule has 0 heterocycles. The van der Waals surface area contributed by atoms with Crippen LogP contribution in [0.3, 0.4) is 0 Å². The van der Waals surface area contributed by atoms with Crippen LogP contribution >= 0.6 is 0 Å². The van der Waals surface area contributed by atoms with Gasteiger partial charge in [-0.05, 0) is 23.6 Å². The molecule has 0 bridgehead atoms. The molecule has 3 aromatic rings. The highest BCUT2D eigenvalue weighted by Gasteiger charge is 2.40. The Labute approximate surface area is 170 Å². The number of amides is 1. The largest absolute Gasteiger partial charge is 0.480 e. The van der Waals surface area contributed by atoms with Crippen molar-refractivity contribution in [2.75, 3.05) is 0 Å². The van der Waals surface area contributed by atoms with Crippen molar-refractivity contribution >= 4 is 11.9 Å². The van der Waals surface area contributed by atoms with Crippen molar-refractivity contribution in [2.45, 2.75) is 24.9 Å². The van der Waals surface area contributed by atoms with E-state index in [-0.39, 0.29) is 6.42 Å². The van der Waals surface area contributed by atoms with Crippen molar-refractivity contribution in [1.82, 2.24) is 5.32 Å². The van der Waals surface area contributed by atoms with Gasteiger partial charge in [0.15, 0.2) is 0 Å². The Morgan fingerprint density at radius 3 is 1.72 bits per heavy atom. The Bertz CT molecular complexity index is 931. The summed E-state index contributed by atoms with van der Waals surface area (Å²) >= 11 is 0. The molecule has 0 aromatic heterocycles. The molecule has 5 heteroatoms. The minimum atomic E-state index is -1.16. The lowest BCUT2D eigenvalue weighted by molar-refractivity contribution is -0.141. The van der Waals surface area contributed by atoms with Gasteiger partial charge in [-0.3, -0.25) is 14.9 Å². The first-order valence-corrected chi connectivity index (χ1v) is 9.40. The van der Waals surface area contributed by atoms with Crippen LogP contribution in [0.5, 0.6) is 0 Å². The lowest BCUT2D eigenvalue weighted by Crippen LogP contribution is -2.53. The van der Waals surface area contributed by atoms with E-state index < -0.39 is 23.5 Å². The van der Waals surface area contributed by atoms with Crippen LogP contribution in [0.1, 0.15) is 28.7 Å². The molecular formula is C24H24N2O3. The number of hydrogen-bond donors (Lipinski definition) is 3. The van der Waals surface area contributed by atoms with E-state index in [0.29, 0.717) is 0 Å². The number of nitrogens with one attached hydrogen (secondary N) is 1. The van der Waals surface area contributed by atoms with E-state index in [2.05, 4.69) is 5.32 Å². The fourth-order valence-corrected chi connectivity index (χ4v) is 3.59. The molecule has 0 aliphatic heterocycles. The van der Waals surface area contributed by atoms with Crippen LogP contribution in [0.4, 0.5) is 0 Å². The van der Waals surface area contributed by atoms with Gasteiger partial charge in [-0.2, -0.15) is 0 Å². The second-order valence-corrected chi connectivity index (χ2v) is 7.05. The maximum atomic E-state index is 12.0. The van der Waals surface area contributed by atoms with E-state index in [0.717, 1.165) is 22.3 Å². The van der Waals surface area contributed by atoms with Gasteiger partial charge >= 0.3 is 5.97 Å². The molecule has 0 radical (unpaired) electrons. The highest BCUT2D eigenvalue weighted by molar-refractivity contribution is 5.83. The predicted octanol–water partition coefficient (Wildman–Crippen LogP) is 3.21. The summed E-state index contributed by atoms with van der Waals surface area (Å²) in [7, 11) is 0. The van der Waals surface area contributed by atoms with Crippen molar-refractivity contribution in [3.05, 3.63) is 107 Å². The van der Waals surface area contributed by atoms with Crippen molar-refractivity contribution in [2.24, 2.45) is 5.73 Å². The SMILES string of the molecule is Cc1ccc(C(NC(CC(N)=O)C(=O)O)(c2ccccc2)c2ccccc2)cc1. The van der Waals surface area contributed by atoms with Gasteiger partial charge in [-0.1, -0.05) is 90.5 Å². The average Bonchev–Trinajstić information content (AvgIpc) is 2.73. The third-order valence-corrected chi connectivity index (χ3v) is 4.99. The number of carbonyl (C=O) groups excluding carboxylic acids is 1. The van der Waals surface area contributed by atoms with E-state index in [1.165, 1.54) is 0 Å². The number of nitrogens with two attached hydrogens (primary N) is 1. The number of primary amides is 1. The Morgan fingerprint density at radius 1 is 0.862 bits per heavy atom. The predicted molar refractivity (Wildman–Crippen MR) is 112 cm³/mol. The zero-order valence-corrected chi connectivity index (χ0v) is 16.2. The molecule has 0 aliphatic carbocycles. The molecule has 0 saturated carbocycles. The van der Waals surface area contributed by atoms with Crippen molar-refractivity contribution in [3.63, 3.8) is 0 Å². The van der Waals surface area contributed by atoms with Crippen molar-refractivity contribution in [3.8, 4) is 0 Å². The second kappa shape index (κ2) is 8.71. The summed E-state index contributed by atoms with van der Waals surface area (Å²) < 4.78 is 0. The third-order valence-electron chi connectivity index (χ3n) is 4.99. The number of carbonyl (C=O) groups is 2. The zero-order chi connectivity index (χ0) is 20.9. The normalized spacial score (nSPS) is 12.3. The Hall–Kier alpha value is -3.44. The summed E-state index contributed by atoms with van der Waals surface area (Å²) in [5, 5.41) is 13.1. The number of carboxylic acids is 1. The molecule has 148 valence electrons. The van der Waals surface area contributed by atoms with Gasteiger partial charge in [0, 0.05) is 0 Å². The number of aliphatic carboxylic acids is 1. The molecule has 4 N–H and O–H groups in total. The lowest BCUT2D eigenvalue weighted by atomic mass is 9.76. The summed E-state index contributed by atoms with van der Waals surface area (Å²) in [6.45, 7) is 2.00. The average molecular weight is 388 g/mol. The molecular weight excluding hydrogens is 364 g/mol. The first kappa shape index (κ1) is 20.3. The van der Waals surface area contributed by atoms with Gasteiger partial charge in [0.25, 0.3) is 0 Å². The molecule has 3 rings (SSSR count). The van der Waals surface area contributed by atoms with E-state index in [4.69, 9.17) is 5.73 Å². The van der Waals surface area contributed by atoms with Gasteiger partial charge in [-0.15, -0.1) is 0 Å². The number of aryl methyl sites for hydroxylation is 1. The van der Waals surface area contributed by atoms with Crippen LogP contribution < -0.4 is 11.1 Å². The third kappa shape index (κ3) is 4.36. The summed E-state index contributed by atoms with van der Waals surface area (Å²) in [6.07, 6.45) is -0.317. The lowest BCUT2D eigenvalue weighted by Gasteiger charge is -2.39. The molecule has 0 aliphatic rings. The van der Waals surface area contributed by atoms with Crippen molar-refractivity contribution in [1.29, 1.82) is 0 Å². The minimum Gasteiger partial charge on any atom is -0.480 e. The minimum absolute atomic E-state index is 0.317. The Kier molecular flexibility index (Phi) is 6.10. The highest BCUT2D eigenvalue weighted by atomic mass is 16.4. The van der Waals surface area contributed by atoms with Gasteiger partial charge in [-0.25, -0.2) is 0 Å². The maximum Gasteiger partial charge on any atom is 0.321 e. The number of benzene rings is 3. The first-order valence-electron chi connectivity index (χ1n) is 9.40. The summed E-state index contributed by atoms with van der Waals surface area (Å²) in [4.78, 5) is 23.6. The zero-order valence-electron chi connectivity index (χ0n) is 16.2. The summed E-state index contributed by atoms with van der Waals surface area (Å²) in [6, 6.07) is 26.0. The van der Waals surface area contributed by atoms with Gasteiger partial charge in [0.1, 0.15) is 6.04 Å². The van der Waals surface area contributed by atoms with Crippen LogP contribution in [-0.2, 0) is 15.1 Å². The molecule has 3 aromatic carbocycles. The number of carboxylic acid groups (broad SMARTS) is 1. The smallest absolute Gasteiger partial charge is 0.321 e. The second-order valence-electron chi connectivity index (χ2n) is 7.05. The molecule has 1 atom stereocenters. The van der Waals surface area contributed by atoms with E-state index in [1.807, 2.05) is 91.9 Å². The number of hydrogen-bond acceptors (Lipinski definition) is 3. The molecule has 0 fully saturated rings. The van der Waals surface area contributed by atoms with Crippen LogP contribution in [0, 0.1) is 6.92 Å². The highest BCUT2D eigenvalue weighted by Crippen LogP contribution is 2.37. The molecule has 5 nitrogen and oxygen atoms in total. The molecule has 1 amide bonds. The molecule has 29 heavy (non-hydrogen) atoms. The van der Waals surface area contributed by atoms with Crippen LogP contribution in [-0.4, -0.2) is 23.0 Å². The van der Waals surface area contributed by atoms with Crippen molar-refractivity contribution < 1.29 is 14.7 Å². The number of rotatable bonds is 8. The van der Waals surface area contributed by atoms with Crippen LogP contribution in [0.2, 0.25) is 0 Å². The molecule has 0 saturated heterocycles. The van der Waals surface area contributed by atoms with E-state index in [1.54, 1.807) is 0 Å². The Morgan fingerprint density at radius 2 is 1.31 bits per heavy atom. The quantitative estimate of drug-likeness (QED) is 0.517. The van der Waals surface area contributed by atoms with Gasteiger partial charge in [0.05, 0.1) is 12.0 Å². The van der Waals surface area contributed by atoms with Gasteiger partial charge < -0.3 is 10.8 Å². The van der Waals surface area contributed by atoms with Gasteiger partial charge in [0.2, 0.25) is 5.91 Å². The van der Waals surface area contributed by atoms with Crippen LogP contribution in [0.15, 0.2) is 84.9 Å². The molecule has 0 spiro atoms. The summed E-state index contributed by atoms with van der Waals surface area (Å²) in [5.41, 5.74) is 8.06. The van der Waals surface area contributed by atoms with Crippen LogP contribution in [0.25, 0.3) is 0 Å². The summed E-state index contributed by atoms with van der Waals surface area (Å²) in [5.74, 6) is -1.81. The standard InChI is InChI=1S/C24H24N2O3/c1-17-12-14-20(15-13-17)24(18-8-4-2-5-9-18,19-10-6-3-7-11-19)26-21(23(28)29)16-22(25)27/h2-15,21,26H,16H2,1H3,(H2,25,27)(H,28,29). The molecule has 1 unspecified atom stereocenters. The monoisotopic (exact) mass is 388 g/mol. The van der Waals surface area contributed by atoms with E-state index in [9.17, 15) is 14.7 Å². The topological polar surface area (TPSA) is 92.4 Å². The fourth-order valence-electron chi connectivity index (χ4n) is 3.59. The van der Waals surface area contributed by atoms with E-state index >= 15 is 0 Å². The fraction of sp³-hybridized carbons (Fsp3) is 0.167. The Balaban J connectivity index is 2.29. The maximum absolute atomic E-state index is 12.0.